The van der Waals surface area contributed by atoms with Crippen molar-refractivity contribution in [2.75, 3.05) is 0 Å². The van der Waals surface area contributed by atoms with Crippen LogP contribution in [0.5, 0.6) is 0 Å². The molecule has 0 radical (unpaired) electrons. The van der Waals surface area contributed by atoms with Crippen LogP contribution < -0.4 is 5.32 Å². The highest BCUT2D eigenvalue weighted by Gasteiger charge is 2.13. The van der Waals surface area contributed by atoms with E-state index in [-0.39, 0.29) is 5.91 Å². The third-order valence-electron chi connectivity index (χ3n) is 3.31. The second-order valence-corrected chi connectivity index (χ2v) is 5.92. The maximum Gasteiger partial charge on any atom is 0.251 e. The Labute approximate surface area is 125 Å². The van der Waals surface area contributed by atoms with Gasteiger partial charge in [-0.1, -0.05) is 55.1 Å². The molecule has 0 aliphatic rings. The van der Waals surface area contributed by atoms with Gasteiger partial charge in [-0.3, -0.25) is 4.79 Å². The zero-order valence-electron chi connectivity index (χ0n) is 12.1. The lowest BCUT2D eigenvalue weighted by Gasteiger charge is -2.18. The predicted octanol–water partition coefficient (Wildman–Crippen LogP) is 4.85. The summed E-state index contributed by atoms with van der Waals surface area (Å²) in [6.45, 7) is 6.36. The average molecular weight is 326 g/mol. The standard InChI is InChI=1S/C16H24BrNO/c1-4-6-8-14(7-5-2)18-16(19)13-10-9-12(3)15(17)11-13/h9-11,14H,4-8H2,1-3H3,(H,18,19). The molecule has 0 aliphatic carbocycles. The summed E-state index contributed by atoms with van der Waals surface area (Å²) in [7, 11) is 0. The van der Waals surface area contributed by atoms with Crippen LogP contribution in [0.4, 0.5) is 0 Å². The predicted molar refractivity (Wildman–Crippen MR) is 84.6 cm³/mol. The van der Waals surface area contributed by atoms with Crippen LogP contribution in [0, 0.1) is 6.92 Å². The Morgan fingerprint density at radius 2 is 2.00 bits per heavy atom. The van der Waals surface area contributed by atoms with Crippen molar-refractivity contribution in [1.82, 2.24) is 5.32 Å². The molecule has 0 aliphatic heterocycles. The van der Waals surface area contributed by atoms with Gasteiger partial charge in [0.05, 0.1) is 0 Å². The number of hydrogen-bond donors (Lipinski definition) is 1. The lowest BCUT2D eigenvalue weighted by Crippen LogP contribution is -2.34. The van der Waals surface area contributed by atoms with E-state index in [1.807, 2.05) is 25.1 Å². The molecule has 1 unspecified atom stereocenters. The van der Waals surface area contributed by atoms with E-state index < -0.39 is 0 Å². The van der Waals surface area contributed by atoms with E-state index >= 15 is 0 Å². The van der Waals surface area contributed by atoms with Crippen LogP contribution in [0.15, 0.2) is 22.7 Å². The molecule has 1 N–H and O–H groups in total. The van der Waals surface area contributed by atoms with Crippen LogP contribution in [0.1, 0.15) is 61.9 Å². The molecule has 1 aromatic carbocycles. The molecule has 1 amide bonds. The third-order valence-corrected chi connectivity index (χ3v) is 4.17. The van der Waals surface area contributed by atoms with Gasteiger partial charge in [0.25, 0.3) is 5.91 Å². The smallest absolute Gasteiger partial charge is 0.251 e. The summed E-state index contributed by atoms with van der Waals surface area (Å²) < 4.78 is 0.987. The van der Waals surface area contributed by atoms with Gasteiger partial charge < -0.3 is 5.32 Å². The van der Waals surface area contributed by atoms with E-state index in [0.717, 1.165) is 34.9 Å². The summed E-state index contributed by atoms with van der Waals surface area (Å²) in [5, 5.41) is 3.16. The van der Waals surface area contributed by atoms with Gasteiger partial charge in [0, 0.05) is 16.1 Å². The fourth-order valence-electron chi connectivity index (χ4n) is 2.09. The lowest BCUT2D eigenvalue weighted by atomic mass is 10.0. The first-order chi connectivity index (χ1) is 9.08. The van der Waals surface area contributed by atoms with E-state index in [2.05, 4.69) is 35.1 Å². The van der Waals surface area contributed by atoms with Gasteiger partial charge in [0.2, 0.25) is 0 Å². The van der Waals surface area contributed by atoms with E-state index in [9.17, 15) is 4.79 Å². The topological polar surface area (TPSA) is 29.1 Å². The van der Waals surface area contributed by atoms with Crippen molar-refractivity contribution in [2.45, 2.75) is 58.9 Å². The number of unbranched alkanes of at least 4 members (excludes halogenated alkanes) is 1. The number of carbonyl (C=O) groups is 1. The minimum Gasteiger partial charge on any atom is -0.349 e. The monoisotopic (exact) mass is 325 g/mol. The Morgan fingerprint density at radius 3 is 2.58 bits per heavy atom. The van der Waals surface area contributed by atoms with Gasteiger partial charge >= 0.3 is 0 Å². The molecule has 0 saturated carbocycles. The van der Waals surface area contributed by atoms with Crippen LogP contribution in [0.25, 0.3) is 0 Å². The first kappa shape index (κ1) is 16.2. The van der Waals surface area contributed by atoms with Crippen LogP contribution in [0.2, 0.25) is 0 Å². The van der Waals surface area contributed by atoms with E-state index in [1.165, 1.54) is 12.8 Å². The number of aryl methyl sites for hydroxylation is 1. The quantitative estimate of drug-likeness (QED) is 0.763. The normalized spacial score (nSPS) is 12.2. The summed E-state index contributed by atoms with van der Waals surface area (Å²) in [6, 6.07) is 6.06. The highest BCUT2D eigenvalue weighted by Crippen LogP contribution is 2.18. The Balaban J connectivity index is 2.66. The molecular weight excluding hydrogens is 302 g/mol. The van der Waals surface area contributed by atoms with Crippen LogP contribution >= 0.6 is 15.9 Å². The molecular formula is C16H24BrNO. The van der Waals surface area contributed by atoms with Gasteiger partial charge in [-0.25, -0.2) is 0 Å². The third kappa shape index (κ3) is 5.35. The van der Waals surface area contributed by atoms with Crippen LogP contribution in [0.3, 0.4) is 0 Å². The average Bonchev–Trinajstić information content (AvgIpc) is 2.39. The number of nitrogens with one attached hydrogen (secondary N) is 1. The van der Waals surface area contributed by atoms with E-state index in [0.29, 0.717) is 6.04 Å². The fraction of sp³-hybridized carbons (Fsp3) is 0.562. The van der Waals surface area contributed by atoms with Gasteiger partial charge in [-0.2, -0.15) is 0 Å². The summed E-state index contributed by atoms with van der Waals surface area (Å²) in [5.41, 5.74) is 1.88. The van der Waals surface area contributed by atoms with Gasteiger partial charge in [-0.05, 0) is 37.5 Å². The highest BCUT2D eigenvalue weighted by atomic mass is 79.9. The molecule has 106 valence electrons. The summed E-state index contributed by atoms with van der Waals surface area (Å²) >= 11 is 3.47. The van der Waals surface area contributed by atoms with Crippen molar-refractivity contribution in [2.24, 2.45) is 0 Å². The molecule has 2 nitrogen and oxygen atoms in total. The number of hydrogen-bond acceptors (Lipinski definition) is 1. The van der Waals surface area contributed by atoms with Gasteiger partial charge in [0.15, 0.2) is 0 Å². The summed E-state index contributed by atoms with van der Waals surface area (Å²) in [4.78, 5) is 12.2. The first-order valence-corrected chi connectivity index (χ1v) is 7.94. The minimum atomic E-state index is 0.0373. The Bertz CT molecular complexity index is 417. The number of rotatable bonds is 7. The Morgan fingerprint density at radius 1 is 1.26 bits per heavy atom. The summed E-state index contributed by atoms with van der Waals surface area (Å²) in [5.74, 6) is 0.0373. The second kappa shape index (κ2) is 8.36. The second-order valence-electron chi connectivity index (χ2n) is 5.07. The van der Waals surface area contributed by atoms with Gasteiger partial charge in [-0.15, -0.1) is 0 Å². The largest absolute Gasteiger partial charge is 0.349 e. The van der Waals surface area contributed by atoms with E-state index in [1.54, 1.807) is 0 Å². The molecule has 0 bridgehead atoms. The van der Waals surface area contributed by atoms with E-state index in [4.69, 9.17) is 0 Å². The number of benzene rings is 1. The molecule has 1 atom stereocenters. The maximum absolute atomic E-state index is 12.2. The number of halogens is 1. The Kier molecular flexibility index (Phi) is 7.14. The zero-order valence-corrected chi connectivity index (χ0v) is 13.7. The molecule has 3 heteroatoms. The molecule has 1 rings (SSSR count). The molecule has 0 spiro atoms. The summed E-state index contributed by atoms with van der Waals surface area (Å²) in [6.07, 6.45) is 5.57. The molecule has 19 heavy (non-hydrogen) atoms. The van der Waals surface area contributed by atoms with Crippen molar-refractivity contribution in [3.05, 3.63) is 33.8 Å². The van der Waals surface area contributed by atoms with Crippen molar-refractivity contribution in [3.63, 3.8) is 0 Å². The molecule has 0 aromatic heterocycles. The Hall–Kier alpha value is -0.830. The van der Waals surface area contributed by atoms with Crippen LogP contribution in [-0.2, 0) is 0 Å². The SMILES string of the molecule is CCCCC(CCC)NC(=O)c1ccc(C)c(Br)c1. The lowest BCUT2D eigenvalue weighted by molar-refractivity contribution is 0.0932. The molecule has 0 fully saturated rings. The number of carbonyl (C=O) groups excluding carboxylic acids is 1. The fourth-order valence-corrected chi connectivity index (χ4v) is 2.47. The molecule has 0 heterocycles. The molecule has 1 aromatic rings. The van der Waals surface area contributed by atoms with Crippen molar-refractivity contribution >= 4 is 21.8 Å². The number of amides is 1. The highest BCUT2D eigenvalue weighted by molar-refractivity contribution is 9.10. The van der Waals surface area contributed by atoms with Crippen molar-refractivity contribution < 1.29 is 4.79 Å². The van der Waals surface area contributed by atoms with Crippen molar-refractivity contribution in [1.29, 1.82) is 0 Å². The zero-order chi connectivity index (χ0) is 14.3. The first-order valence-electron chi connectivity index (χ1n) is 7.15. The molecule has 0 saturated heterocycles. The maximum atomic E-state index is 12.2. The van der Waals surface area contributed by atoms with Crippen LogP contribution in [-0.4, -0.2) is 11.9 Å². The minimum absolute atomic E-state index is 0.0373. The van der Waals surface area contributed by atoms with Gasteiger partial charge in [0.1, 0.15) is 0 Å². The van der Waals surface area contributed by atoms with Crippen molar-refractivity contribution in [3.8, 4) is 0 Å².